The van der Waals surface area contributed by atoms with Crippen LogP contribution in [-0.2, 0) is 16.0 Å². The van der Waals surface area contributed by atoms with E-state index < -0.39 is 11.9 Å². The minimum atomic E-state index is -0.694. The molecule has 0 saturated heterocycles. The van der Waals surface area contributed by atoms with Crippen molar-refractivity contribution < 1.29 is 23.9 Å². The van der Waals surface area contributed by atoms with E-state index in [1.165, 1.54) is 0 Å². The number of nitrogens with zero attached hydrogens (tertiary/aromatic N) is 1. The van der Waals surface area contributed by atoms with Gasteiger partial charge in [0.05, 0.1) is 24.3 Å². The number of para-hydroxylation sites is 1. The molecule has 0 bridgehead atoms. The number of nitrogens with two attached hydrogens (primary N) is 1. The molecule has 0 spiro atoms. The van der Waals surface area contributed by atoms with E-state index in [9.17, 15) is 9.59 Å². The van der Waals surface area contributed by atoms with Gasteiger partial charge in [0, 0.05) is 12.0 Å². The van der Waals surface area contributed by atoms with Gasteiger partial charge >= 0.3 is 11.9 Å². The first-order chi connectivity index (χ1) is 15.9. The summed E-state index contributed by atoms with van der Waals surface area (Å²) < 4.78 is 10.7. The number of carbonyl (C=O) groups excluding carboxylic acids is 2. The smallest absolute Gasteiger partial charge is 0.366 e. The molecule has 0 unspecified atom stereocenters. The minimum Gasteiger partial charge on any atom is -0.496 e. The van der Waals surface area contributed by atoms with E-state index in [4.69, 9.17) is 20.0 Å². The first-order valence-corrected chi connectivity index (χ1v) is 10.5. The van der Waals surface area contributed by atoms with Crippen LogP contribution in [0.2, 0.25) is 0 Å². The van der Waals surface area contributed by atoms with Crippen molar-refractivity contribution in [3.8, 4) is 16.9 Å². The van der Waals surface area contributed by atoms with Gasteiger partial charge in [-0.2, -0.15) is 0 Å². The Morgan fingerprint density at radius 3 is 2.00 bits per heavy atom. The molecule has 7 nitrogen and oxygen atoms in total. The van der Waals surface area contributed by atoms with Crippen molar-refractivity contribution in [1.82, 2.24) is 0 Å². The molecule has 0 radical (unpaired) electrons. The van der Waals surface area contributed by atoms with E-state index >= 15 is 0 Å². The normalized spacial score (nSPS) is 11.2. The highest BCUT2D eigenvalue weighted by Crippen LogP contribution is 2.28. The lowest BCUT2D eigenvalue weighted by Crippen LogP contribution is -2.17. The van der Waals surface area contributed by atoms with Crippen LogP contribution in [0.15, 0.2) is 78.0 Å². The molecule has 3 aromatic carbocycles. The highest BCUT2D eigenvalue weighted by atomic mass is 16.7. The second-order valence-corrected chi connectivity index (χ2v) is 7.50. The summed E-state index contributed by atoms with van der Waals surface area (Å²) in [7, 11) is 1.57. The third kappa shape index (κ3) is 5.98. The van der Waals surface area contributed by atoms with Gasteiger partial charge in [0.15, 0.2) is 0 Å². The van der Waals surface area contributed by atoms with Crippen molar-refractivity contribution in [2.24, 2.45) is 10.9 Å². The Bertz CT molecular complexity index is 1170. The highest BCUT2D eigenvalue weighted by molar-refractivity contribution is 6.03. The number of hydrogen-bond acceptors (Lipinski definition) is 6. The van der Waals surface area contributed by atoms with Crippen molar-refractivity contribution in [2.75, 3.05) is 7.11 Å². The zero-order chi connectivity index (χ0) is 23.8. The predicted octanol–water partition coefficient (Wildman–Crippen LogP) is 4.60. The lowest BCUT2D eigenvalue weighted by molar-refractivity contribution is 0.0378. The fourth-order valence-corrected chi connectivity index (χ4v) is 3.30. The quantitative estimate of drug-likeness (QED) is 0.178. The Hall–Kier alpha value is -4.13. The molecule has 0 aliphatic carbocycles. The molecule has 0 aromatic heterocycles. The van der Waals surface area contributed by atoms with Crippen LogP contribution in [-0.4, -0.2) is 31.0 Å². The van der Waals surface area contributed by atoms with Crippen molar-refractivity contribution in [3.63, 3.8) is 0 Å². The van der Waals surface area contributed by atoms with Gasteiger partial charge in [-0.05, 0) is 43.2 Å². The van der Waals surface area contributed by atoms with Crippen molar-refractivity contribution in [1.29, 1.82) is 0 Å². The average molecular weight is 447 g/mol. The second kappa shape index (κ2) is 10.9. The van der Waals surface area contributed by atoms with Crippen LogP contribution in [0.1, 0.15) is 40.1 Å². The van der Waals surface area contributed by atoms with Gasteiger partial charge < -0.3 is 20.0 Å². The summed E-state index contributed by atoms with van der Waals surface area (Å²) in [5, 5.41) is 3.80. The summed E-state index contributed by atoms with van der Waals surface area (Å²) in [4.78, 5) is 30.6. The first kappa shape index (κ1) is 23.5. The fraction of sp³-hybridized carbons (Fsp3) is 0.192. The molecule has 0 amide bonds. The summed E-state index contributed by atoms with van der Waals surface area (Å²) in [6.07, 6.45) is -0.0191. The maximum atomic E-state index is 12.9. The van der Waals surface area contributed by atoms with Gasteiger partial charge in [-0.25, -0.2) is 9.59 Å². The van der Waals surface area contributed by atoms with Crippen LogP contribution in [0.4, 0.5) is 0 Å². The van der Waals surface area contributed by atoms with E-state index in [2.05, 4.69) is 5.16 Å². The number of benzene rings is 3. The van der Waals surface area contributed by atoms with Crippen molar-refractivity contribution in [3.05, 3.63) is 89.5 Å². The van der Waals surface area contributed by atoms with Crippen LogP contribution < -0.4 is 10.5 Å². The van der Waals surface area contributed by atoms with E-state index in [-0.39, 0.29) is 23.9 Å². The highest BCUT2D eigenvalue weighted by Gasteiger charge is 2.20. The molecule has 0 aliphatic heterocycles. The largest absolute Gasteiger partial charge is 0.496 e. The summed E-state index contributed by atoms with van der Waals surface area (Å²) in [6.45, 7) is 3.55. The fourth-order valence-electron chi connectivity index (χ4n) is 3.30. The zero-order valence-corrected chi connectivity index (χ0v) is 18.8. The van der Waals surface area contributed by atoms with Crippen LogP contribution in [0.5, 0.6) is 5.75 Å². The summed E-state index contributed by atoms with van der Waals surface area (Å²) >= 11 is 0. The van der Waals surface area contributed by atoms with E-state index in [0.29, 0.717) is 22.4 Å². The maximum Gasteiger partial charge on any atom is 0.366 e. The summed E-state index contributed by atoms with van der Waals surface area (Å²) in [6, 6.07) is 21.1. The number of hydrogen-bond donors (Lipinski definition) is 1. The van der Waals surface area contributed by atoms with Gasteiger partial charge in [-0.3, -0.25) is 0 Å². The number of ether oxygens (including phenoxy) is 2. The molecule has 2 N–H and O–H groups in total. The minimum absolute atomic E-state index is 0.117. The van der Waals surface area contributed by atoms with Gasteiger partial charge in [0.2, 0.25) is 0 Å². The Morgan fingerprint density at radius 2 is 1.39 bits per heavy atom. The summed E-state index contributed by atoms with van der Waals surface area (Å²) in [5.41, 5.74) is 8.47. The Balaban J connectivity index is 1.85. The molecule has 7 heteroatoms. The summed E-state index contributed by atoms with van der Waals surface area (Å²) in [5.74, 6) is -0.382. The van der Waals surface area contributed by atoms with Gasteiger partial charge in [-0.1, -0.05) is 59.8 Å². The third-order valence-corrected chi connectivity index (χ3v) is 4.74. The lowest BCUT2D eigenvalue weighted by atomic mass is 9.95. The molecule has 3 rings (SSSR count). The standard InChI is InChI=1S/C26H26N2O5/c1-17(2)32-25(29)21-13-7-5-11-19(21)20-12-6-8-14-22(20)26(30)33-28-24(27)16-18-10-4-9-15-23(18)31-3/h4-15,17H,16H2,1-3H3,(H2,27,28). The van der Waals surface area contributed by atoms with E-state index in [0.717, 1.165) is 5.56 Å². The number of methoxy groups -OCH3 is 1. The molecular formula is C26H26N2O5. The van der Waals surface area contributed by atoms with Gasteiger partial charge in [0.1, 0.15) is 11.6 Å². The number of rotatable bonds is 8. The lowest BCUT2D eigenvalue weighted by Gasteiger charge is -2.13. The van der Waals surface area contributed by atoms with Crippen LogP contribution >= 0.6 is 0 Å². The zero-order valence-electron chi connectivity index (χ0n) is 18.8. The van der Waals surface area contributed by atoms with Crippen molar-refractivity contribution in [2.45, 2.75) is 26.4 Å². The molecule has 170 valence electrons. The Kier molecular flexibility index (Phi) is 7.81. The molecule has 33 heavy (non-hydrogen) atoms. The third-order valence-electron chi connectivity index (χ3n) is 4.74. The topological polar surface area (TPSA) is 100 Å². The molecule has 0 aliphatic rings. The number of amidine groups is 1. The van der Waals surface area contributed by atoms with Crippen LogP contribution in [0, 0.1) is 0 Å². The van der Waals surface area contributed by atoms with Gasteiger partial charge in [0.25, 0.3) is 0 Å². The molecular weight excluding hydrogens is 420 g/mol. The average Bonchev–Trinajstić information content (AvgIpc) is 2.82. The predicted molar refractivity (Wildman–Crippen MR) is 126 cm³/mol. The number of oxime groups is 1. The van der Waals surface area contributed by atoms with E-state index in [1.807, 2.05) is 24.3 Å². The number of carbonyl (C=O) groups is 2. The Morgan fingerprint density at radius 1 is 0.848 bits per heavy atom. The van der Waals surface area contributed by atoms with Crippen LogP contribution in [0.25, 0.3) is 11.1 Å². The molecule has 0 heterocycles. The second-order valence-electron chi connectivity index (χ2n) is 7.50. The molecule has 0 saturated carbocycles. The van der Waals surface area contributed by atoms with E-state index in [1.54, 1.807) is 69.5 Å². The Labute approximate surface area is 192 Å². The monoisotopic (exact) mass is 446 g/mol. The number of esters is 1. The van der Waals surface area contributed by atoms with Gasteiger partial charge in [-0.15, -0.1) is 0 Å². The van der Waals surface area contributed by atoms with Crippen LogP contribution in [0.3, 0.4) is 0 Å². The molecule has 0 atom stereocenters. The molecule has 0 fully saturated rings. The SMILES string of the molecule is COc1ccccc1C/C(N)=N/OC(=O)c1ccccc1-c1ccccc1C(=O)OC(C)C. The van der Waals surface area contributed by atoms with Crippen molar-refractivity contribution >= 4 is 17.8 Å². The first-order valence-electron chi connectivity index (χ1n) is 10.5. The molecule has 3 aromatic rings. The maximum absolute atomic E-state index is 12.9.